The highest BCUT2D eigenvalue weighted by Gasteiger charge is 2.27. The number of carbonyl (C=O) groups is 1. The van der Waals surface area contributed by atoms with Crippen LogP contribution >= 0.6 is 0 Å². The Hall–Kier alpha value is -2.42. The highest BCUT2D eigenvalue weighted by Crippen LogP contribution is 2.21. The Balaban J connectivity index is 1.57. The topological polar surface area (TPSA) is 78.9 Å². The van der Waals surface area contributed by atoms with Gasteiger partial charge in [0.25, 0.3) is 5.91 Å². The zero-order valence-electron chi connectivity index (χ0n) is 17.0. The van der Waals surface area contributed by atoms with Crippen LogP contribution in [0.5, 0.6) is 5.75 Å². The average molecular weight is 418 g/mol. The van der Waals surface area contributed by atoms with E-state index in [1.807, 2.05) is 39.1 Å². The molecule has 1 amide bonds. The van der Waals surface area contributed by atoms with E-state index in [2.05, 4.69) is 10.2 Å². The largest absolute Gasteiger partial charge is 0.483 e. The molecule has 1 fully saturated rings. The van der Waals surface area contributed by atoms with Gasteiger partial charge in [0.05, 0.1) is 4.90 Å². The number of carbonyl (C=O) groups excluding carboxylic acids is 1. The lowest BCUT2D eigenvalue weighted by atomic mass is 10.1. The molecule has 0 aromatic heterocycles. The third kappa shape index (κ3) is 5.35. The molecule has 3 rings (SSSR count). The minimum atomic E-state index is -3.52. The maximum atomic E-state index is 12.7. The minimum absolute atomic E-state index is 0.120. The number of nitrogens with one attached hydrogen (secondary N) is 1. The maximum absolute atomic E-state index is 12.7. The van der Waals surface area contributed by atoms with E-state index in [4.69, 9.17) is 4.74 Å². The number of amides is 1. The van der Waals surface area contributed by atoms with Crippen molar-refractivity contribution in [2.45, 2.75) is 18.7 Å². The van der Waals surface area contributed by atoms with Crippen LogP contribution < -0.4 is 10.1 Å². The Labute approximate surface area is 172 Å². The van der Waals surface area contributed by atoms with Gasteiger partial charge >= 0.3 is 0 Å². The molecule has 2 aromatic carbocycles. The number of rotatable bonds is 6. The molecule has 2 aromatic rings. The summed E-state index contributed by atoms with van der Waals surface area (Å²) in [5.41, 5.74) is 2.62. The summed E-state index contributed by atoms with van der Waals surface area (Å²) in [7, 11) is -1.54. The summed E-state index contributed by atoms with van der Waals surface area (Å²) >= 11 is 0. The molecule has 0 radical (unpaired) electrons. The van der Waals surface area contributed by atoms with Crippen molar-refractivity contribution in [3.63, 3.8) is 0 Å². The van der Waals surface area contributed by atoms with E-state index in [0.29, 0.717) is 37.6 Å². The number of ether oxygens (including phenoxy) is 1. The van der Waals surface area contributed by atoms with Crippen LogP contribution in [0.3, 0.4) is 0 Å². The predicted molar refractivity (Wildman–Crippen MR) is 113 cm³/mol. The van der Waals surface area contributed by atoms with E-state index in [0.717, 1.165) is 11.1 Å². The number of hydrogen-bond acceptors (Lipinski definition) is 5. The van der Waals surface area contributed by atoms with Crippen LogP contribution in [0.2, 0.25) is 0 Å². The normalized spacial score (nSPS) is 15.8. The first kappa shape index (κ1) is 21.3. The predicted octanol–water partition coefficient (Wildman–Crippen LogP) is 2.26. The number of likely N-dealkylation sites (N-methyl/N-ethyl adjacent to an activating group) is 1. The van der Waals surface area contributed by atoms with E-state index in [1.165, 1.54) is 16.4 Å². The zero-order valence-corrected chi connectivity index (χ0v) is 17.8. The van der Waals surface area contributed by atoms with Crippen molar-refractivity contribution in [3.05, 3.63) is 53.6 Å². The summed E-state index contributed by atoms with van der Waals surface area (Å²) in [4.78, 5) is 14.5. The van der Waals surface area contributed by atoms with Crippen LogP contribution in [0.1, 0.15) is 11.1 Å². The standard InChI is InChI=1S/C21H27N3O4S/c1-16-4-9-20(17(2)14-16)28-15-21(25)22-18-5-7-19(8-6-18)29(26,27)24-12-10-23(3)11-13-24/h4-9,14H,10-13,15H2,1-3H3,(H,22,25). The third-order valence-corrected chi connectivity index (χ3v) is 6.84. The number of aryl methyl sites for hydroxylation is 2. The molecular formula is C21H27N3O4S. The molecule has 8 heteroatoms. The molecule has 1 heterocycles. The number of anilines is 1. The van der Waals surface area contributed by atoms with Gasteiger partial charge in [0.1, 0.15) is 5.75 Å². The average Bonchev–Trinajstić information content (AvgIpc) is 2.68. The SMILES string of the molecule is Cc1ccc(OCC(=O)Nc2ccc(S(=O)(=O)N3CCN(C)CC3)cc2)c(C)c1. The summed E-state index contributed by atoms with van der Waals surface area (Å²) in [6, 6.07) is 12.0. The minimum Gasteiger partial charge on any atom is -0.483 e. The number of sulfonamides is 1. The van der Waals surface area contributed by atoms with Gasteiger partial charge in [-0.05, 0) is 56.8 Å². The highest BCUT2D eigenvalue weighted by atomic mass is 32.2. The lowest BCUT2D eigenvalue weighted by Gasteiger charge is -2.31. The molecule has 0 saturated carbocycles. The van der Waals surface area contributed by atoms with Crippen LogP contribution in [-0.2, 0) is 14.8 Å². The summed E-state index contributed by atoms with van der Waals surface area (Å²) in [6.07, 6.45) is 0. The number of hydrogen-bond donors (Lipinski definition) is 1. The number of piperazine rings is 1. The fraction of sp³-hybridized carbons (Fsp3) is 0.381. The molecule has 0 spiro atoms. The Kier molecular flexibility index (Phi) is 6.56. The first-order valence-electron chi connectivity index (χ1n) is 9.54. The Morgan fingerprint density at radius 1 is 1.03 bits per heavy atom. The fourth-order valence-electron chi connectivity index (χ4n) is 3.19. The first-order chi connectivity index (χ1) is 13.8. The van der Waals surface area contributed by atoms with Crippen LogP contribution in [0.4, 0.5) is 5.69 Å². The molecular weight excluding hydrogens is 390 g/mol. The van der Waals surface area contributed by atoms with Gasteiger partial charge in [-0.25, -0.2) is 8.42 Å². The first-order valence-corrected chi connectivity index (χ1v) is 11.0. The maximum Gasteiger partial charge on any atom is 0.262 e. The van der Waals surface area contributed by atoms with Gasteiger partial charge in [0.2, 0.25) is 10.0 Å². The van der Waals surface area contributed by atoms with Crippen molar-refractivity contribution < 1.29 is 17.9 Å². The lowest BCUT2D eigenvalue weighted by Crippen LogP contribution is -2.46. The Morgan fingerprint density at radius 3 is 2.31 bits per heavy atom. The van der Waals surface area contributed by atoms with Gasteiger partial charge in [0, 0.05) is 31.9 Å². The zero-order chi connectivity index (χ0) is 21.0. The van der Waals surface area contributed by atoms with Crippen LogP contribution in [0.25, 0.3) is 0 Å². The lowest BCUT2D eigenvalue weighted by molar-refractivity contribution is -0.118. The molecule has 156 valence electrons. The van der Waals surface area contributed by atoms with Crippen molar-refractivity contribution in [3.8, 4) is 5.75 Å². The molecule has 0 bridgehead atoms. The highest BCUT2D eigenvalue weighted by molar-refractivity contribution is 7.89. The monoisotopic (exact) mass is 417 g/mol. The quantitative estimate of drug-likeness (QED) is 0.780. The van der Waals surface area contributed by atoms with Crippen molar-refractivity contribution in [2.24, 2.45) is 0 Å². The summed E-state index contributed by atoms with van der Waals surface area (Å²) in [6.45, 7) is 6.20. The number of nitrogens with zero attached hydrogens (tertiary/aromatic N) is 2. The van der Waals surface area contributed by atoms with Crippen molar-refractivity contribution >= 4 is 21.6 Å². The van der Waals surface area contributed by atoms with Gasteiger partial charge < -0.3 is 15.0 Å². The van der Waals surface area contributed by atoms with Gasteiger partial charge in [-0.1, -0.05) is 17.7 Å². The molecule has 0 atom stereocenters. The Morgan fingerprint density at radius 2 is 1.69 bits per heavy atom. The molecule has 1 N–H and O–H groups in total. The van der Waals surface area contributed by atoms with Crippen molar-refractivity contribution in [1.29, 1.82) is 0 Å². The van der Waals surface area contributed by atoms with E-state index in [-0.39, 0.29) is 17.4 Å². The smallest absolute Gasteiger partial charge is 0.262 e. The fourth-order valence-corrected chi connectivity index (χ4v) is 4.61. The molecule has 29 heavy (non-hydrogen) atoms. The number of benzene rings is 2. The van der Waals surface area contributed by atoms with E-state index in [1.54, 1.807) is 12.1 Å². The molecule has 1 aliphatic heterocycles. The molecule has 7 nitrogen and oxygen atoms in total. The van der Waals surface area contributed by atoms with Gasteiger partial charge in [-0.15, -0.1) is 0 Å². The molecule has 0 aliphatic carbocycles. The summed E-state index contributed by atoms with van der Waals surface area (Å²) < 4.78 is 32.6. The Bertz CT molecular complexity index is 966. The third-order valence-electron chi connectivity index (χ3n) is 4.93. The van der Waals surface area contributed by atoms with Gasteiger partial charge in [-0.2, -0.15) is 4.31 Å². The van der Waals surface area contributed by atoms with E-state index in [9.17, 15) is 13.2 Å². The second-order valence-electron chi connectivity index (χ2n) is 7.34. The molecule has 1 saturated heterocycles. The van der Waals surface area contributed by atoms with Crippen molar-refractivity contribution in [1.82, 2.24) is 9.21 Å². The second-order valence-corrected chi connectivity index (χ2v) is 9.28. The summed E-state index contributed by atoms with van der Waals surface area (Å²) in [5, 5.41) is 2.73. The molecule has 1 aliphatic rings. The van der Waals surface area contributed by atoms with Crippen LogP contribution in [0.15, 0.2) is 47.4 Å². The summed E-state index contributed by atoms with van der Waals surface area (Å²) in [5.74, 6) is 0.360. The van der Waals surface area contributed by atoms with E-state index < -0.39 is 10.0 Å². The van der Waals surface area contributed by atoms with Gasteiger partial charge in [-0.3, -0.25) is 4.79 Å². The molecule has 0 unspecified atom stereocenters. The van der Waals surface area contributed by atoms with E-state index >= 15 is 0 Å². The van der Waals surface area contributed by atoms with Gasteiger partial charge in [0.15, 0.2) is 6.61 Å². The van der Waals surface area contributed by atoms with Crippen molar-refractivity contribution in [2.75, 3.05) is 45.2 Å². The van der Waals surface area contributed by atoms with Crippen LogP contribution in [-0.4, -0.2) is 63.4 Å². The van der Waals surface area contributed by atoms with Crippen LogP contribution in [0, 0.1) is 13.8 Å². The second kappa shape index (κ2) is 8.94.